The number of likely N-dealkylation sites (tertiary alicyclic amines) is 1. The molecule has 2 unspecified atom stereocenters. The van der Waals surface area contributed by atoms with E-state index in [1.807, 2.05) is 34.1 Å². The molecule has 0 saturated carbocycles. The molecule has 2 aliphatic heterocycles. The molecule has 5 rings (SSSR count). The van der Waals surface area contributed by atoms with Crippen molar-refractivity contribution in [2.45, 2.75) is 25.4 Å². The zero-order valence-electron chi connectivity index (χ0n) is 20.1. The first-order chi connectivity index (χ1) is 17.1. The second kappa shape index (κ2) is 10.0. The van der Waals surface area contributed by atoms with E-state index in [1.54, 1.807) is 13.2 Å². The minimum atomic E-state index is -0.181. The van der Waals surface area contributed by atoms with E-state index in [4.69, 9.17) is 10.1 Å². The van der Waals surface area contributed by atoms with Crippen LogP contribution in [-0.2, 0) is 11.3 Å². The van der Waals surface area contributed by atoms with E-state index in [0.717, 1.165) is 54.9 Å². The molecule has 1 aliphatic carbocycles. The van der Waals surface area contributed by atoms with Crippen LogP contribution in [0.5, 0.6) is 0 Å². The van der Waals surface area contributed by atoms with Gasteiger partial charge in [0.15, 0.2) is 0 Å². The number of anilines is 1. The minimum Gasteiger partial charge on any atom is -0.383 e. The van der Waals surface area contributed by atoms with E-state index in [-0.39, 0.29) is 23.7 Å². The van der Waals surface area contributed by atoms with Gasteiger partial charge in [0.05, 0.1) is 31.7 Å². The third-order valence-corrected chi connectivity index (χ3v) is 7.43. The SMILES string of the molecule is C=C1C2C=CC=CC(F)=C2C(C2CCN(c3ccc(-c4cnn(CCOC)c4)cc3)CC2)N1C=N. The largest absolute Gasteiger partial charge is 0.383 e. The summed E-state index contributed by atoms with van der Waals surface area (Å²) in [5, 5.41) is 12.4. The van der Waals surface area contributed by atoms with Gasteiger partial charge in [-0.2, -0.15) is 5.10 Å². The summed E-state index contributed by atoms with van der Waals surface area (Å²) in [6.45, 7) is 7.38. The average molecular weight is 474 g/mol. The van der Waals surface area contributed by atoms with Gasteiger partial charge < -0.3 is 14.5 Å². The number of fused-ring (bicyclic) bond motifs is 1. The molecule has 2 aromatic rings. The number of benzene rings is 1. The Morgan fingerprint density at radius 1 is 1.17 bits per heavy atom. The summed E-state index contributed by atoms with van der Waals surface area (Å²) >= 11 is 0. The van der Waals surface area contributed by atoms with Gasteiger partial charge in [0, 0.05) is 54.8 Å². The van der Waals surface area contributed by atoms with Gasteiger partial charge in [-0.1, -0.05) is 36.9 Å². The normalized spacial score (nSPS) is 22.6. The summed E-state index contributed by atoms with van der Waals surface area (Å²) in [5.41, 5.74) is 4.98. The third kappa shape index (κ3) is 4.48. The average Bonchev–Trinajstić information content (AvgIpc) is 3.41. The Bertz CT molecular complexity index is 1170. The molecule has 6 nitrogen and oxygen atoms in total. The number of piperidine rings is 1. The number of allylic oxidation sites excluding steroid dienone is 5. The molecule has 1 N–H and O–H groups in total. The highest BCUT2D eigenvalue weighted by Gasteiger charge is 2.44. The number of hydrogen-bond donors (Lipinski definition) is 1. The lowest BCUT2D eigenvalue weighted by Crippen LogP contribution is -2.42. The van der Waals surface area contributed by atoms with Crippen LogP contribution >= 0.6 is 0 Å². The monoisotopic (exact) mass is 473 g/mol. The Hall–Kier alpha value is -3.45. The molecule has 35 heavy (non-hydrogen) atoms. The van der Waals surface area contributed by atoms with Gasteiger partial charge in [0.2, 0.25) is 0 Å². The number of halogens is 1. The van der Waals surface area contributed by atoms with Crippen molar-refractivity contribution in [1.82, 2.24) is 14.7 Å². The number of rotatable bonds is 7. The number of ether oxygens (including phenoxy) is 1. The molecule has 7 heteroatoms. The second-order valence-electron chi connectivity index (χ2n) is 9.35. The van der Waals surface area contributed by atoms with Crippen LogP contribution in [0.4, 0.5) is 10.1 Å². The number of hydrogen-bond acceptors (Lipinski definition) is 4. The van der Waals surface area contributed by atoms with Crippen LogP contribution in [0.2, 0.25) is 0 Å². The van der Waals surface area contributed by atoms with Gasteiger partial charge in [-0.05, 0) is 42.5 Å². The van der Waals surface area contributed by atoms with Crippen LogP contribution in [0.1, 0.15) is 12.8 Å². The summed E-state index contributed by atoms with van der Waals surface area (Å²) in [6.07, 6.45) is 14.3. The molecule has 2 saturated heterocycles. The molecule has 1 aromatic carbocycles. The first kappa shape index (κ1) is 23.3. The molecule has 0 amide bonds. The first-order valence-corrected chi connectivity index (χ1v) is 12.2. The van der Waals surface area contributed by atoms with E-state index in [1.165, 1.54) is 18.1 Å². The van der Waals surface area contributed by atoms with Gasteiger partial charge in [-0.25, -0.2) is 4.39 Å². The number of methoxy groups -OCH3 is 1. The predicted molar refractivity (Wildman–Crippen MR) is 138 cm³/mol. The van der Waals surface area contributed by atoms with Crippen molar-refractivity contribution in [2.24, 2.45) is 11.8 Å². The molecule has 0 spiro atoms. The zero-order chi connectivity index (χ0) is 24.4. The van der Waals surface area contributed by atoms with Crippen LogP contribution in [0.3, 0.4) is 0 Å². The third-order valence-electron chi connectivity index (χ3n) is 7.43. The predicted octanol–water partition coefficient (Wildman–Crippen LogP) is 5.18. The summed E-state index contributed by atoms with van der Waals surface area (Å²) < 4.78 is 22.1. The highest BCUT2D eigenvalue weighted by Crippen LogP contribution is 2.45. The van der Waals surface area contributed by atoms with Crippen LogP contribution < -0.4 is 4.90 Å². The Balaban J connectivity index is 1.27. The summed E-state index contributed by atoms with van der Waals surface area (Å²) in [6, 6.07) is 8.49. The van der Waals surface area contributed by atoms with E-state index in [0.29, 0.717) is 6.61 Å². The molecule has 0 bridgehead atoms. The first-order valence-electron chi connectivity index (χ1n) is 12.2. The maximum atomic E-state index is 15.1. The van der Waals surface area contributed by atoms with E-state index in [2.05, 4.69) is 40.8 Å². The van der Waals surface area contributed by atoms with Gasteiger partial charge in [-0.15, -0.1) is 0 Å². The molecule has 3 aliphatic rings. The highest BCUT2D eigenvalue weighted by molar-refractivity contribution is 5.65. The van der Waals surface area contributed by atoms with Gasteiger partial charge in [0.1, 0.15) is 5.83 Å². The molecule has 0 radical (unpaired) electrons. The molecular weight excluding hydrogens is 441 g/mol. The van der Waals surface area contributed by atoms with Crippen LogP contribution in [0, 0.1) is 17.2 Å². The van der Waals surface area contributed by atoms with Crippen molar-refractivity contribution < 1.29 is 9.13 Å². The highest BCUT2D eigenvalue weighted by atomic mass is 19.1. The van der Waals surface area contributed by atoms with Crippen LogP contribution in [-0.4, -0.2) is 53.9 Å². The number of aromatic nitrogens is 2. The Morgan fingerprint density at radius 2 is 1.94 bits per heavy atom. The van der Waals surface area contributed by atoms with Crippen molar-refractivity contribution in [3.05, 3.63) is 84.6 Å². The van der Waals surface area contributed by atoms with E-state index >= 15 is 4.39 Å². The van der Waals surface area contributed by atoms with Gasteiger partial charge >= 0.3 is 0 Å². The van der Waals surface area contributed by atoms with Crippen molar-refractivity contribution in [3.63, 3.8) is 0 Å². The fraction of sp³-hybridized carbons (Fsp3) is 0.357. The lowest BCUT2D eigenvalue weighted by molar-refractivity contribution is 0.183. The van der Waals surface area contributed by atoms with Crippen molar-refractivity contribution >= 4 is 12.0 Å². The molecule has 182 valence electrons. The van der Waals surface area contributed by atoms with Crippen molar-refractivity contribution in [2.75, 3.05) is 31.7 Å². The molecule has 3 heterocycles. The number of nitrogens with zero attached hydrogens (tertiary/aromatic N) is 4. The lowest BCUT2D eigenvalue weighted by Gasteiger charge is -2.39. The van der Waals surface area contributed by atoms with Gasteiger partial charge in [-0.3, -0.25) is 10.1 Å². The van der Waals surface area contributed by atoms with Crippen LogP contribution in [0.15, 0.2) is 84.6 Å². The molecule has 1 aromatic heterocycles. The standard InChI is InChI=1S/C28H32FN5O/c1-20-25-5-3-4-6-26(29)27(25)28(34(20)19-30)22-11-13-32(14-12-22)24-9-7-21(8-10-24)23-17-31-33(18-23)15-16-35-2/h3-10,17-19,22,25,28,30H,1,11-16H2,2H3. The second-order valence-corrected chi connectivity index (χ2v) is 9.35. The van der Waals surface area contributed by atoms with Crippen molar-refractivity contribution in [1.29, 1.82) is 5.41 Å². The van der Waals surface area contributed by atoms with E-state index < -0.39 is 0 Å². The molecular formula is C28H32FN5O. The fourth-order valence-corrected chi connectivity index (χ4v) is 5.57. The Kier molecular flexibility index (Phi) is 6.68. The maximum Gasteiger partial charge on any atom is 0.125 e. The van der Waals surface area contributed by atoms with Gasteiger partial charge in [0.25, 0.3) is 0 Å². The summed E-state index contributed by atoms with van der Waals surface area (Å²) in [4.78, 5) is 4.28. The minimum absolute atomic E-state index is 0.142. The quantitative estimate of drug-likeness (QED) is 0.445. The summed E-state index contributed by atoms with van der Waals surface area (Å²) in [5.74, 6) is -0.0763. The lowest BCUT2D eigenvalue weighted by atomic mass is 9.82. The number of nitrogens with one attached hydrogen (secondary N) is 1. The maximum absolute atomic E-state index is 15.1. The Morgan fingerprint density at radius 3 is 2.66 bits per heavy atom. The molecule has 2 atom stereocenters. The smallest absolute Gasteiger partial charge is 0.125 e. The zero-order valence-corrected chi connectivity index (χ0v) is 20.1. The van der Waals surface area contributed by atoms with E-state index in [9.17, 15) is 0 Å². The Labute approximate surface area is 206 Å². The molecule has 2 fully saturated rings. The van der Waals surface area contributed by atoms with Crippen molar-refractivity contribution in [3.8, 4) is 11.1 Å². The van der Waals surface area contributed by atoms with Crippen LogP contribution in [0.25, 0.3) is 11.1 Å². The fourth-order valence-electron chi connectivity index (χ4n) is 5.57. The summed E-state index contributed by atoms with van der Waals surface area (Å²) in [7, 11) is 1.69. The topological polar surface area (TPSA) is 57.4 Å².